The predicted octanol–water partition coefficient (Wildman–Crippen LogP) is 4.68. The molecule has 1 N–H and O–H groups in total. The number of hydrogen-bond donors (Lipinski definition) is 1. The first-order valence-corrected chi connectivity index (χ1v) is 9.37. The number of ether oxygens (including phenoxy) is 1. The molecule has 0 radical (unpaired) electrons. The first kappa shape index (κ1) is 18.7. The number of amides is 1. The Balaban J connectivity index is 1.75. The summed E-state index contributed by atoms with van der Waals surface area (Å²) in [6.07, 6.45) is 2.26. The van der Waals surface area contributed by atoms with Crippen molar-refractivity contribution in [3.8, 4) is 17.2 Å². The molecule has 0 aliphatic rings. The number of benzene rings is 1. The minimum absolute atomic E-state index is 0.214. The second kappa shape index (κ2) is 7.79. The summed E-state index contributed by atoms with van der Waals surface area (Å²) in [4.78, 5) is 17.7. The van der Waals surface area contributed by atoms with E-state index in [1.807, 2.05) is 31.2 Å². The Hall–Kier alpha value is -3.61. The monoisotopic (exact) mass is 391 g/mol. The van der Waals surface area contributed by atoms with Crippen molar-refractivity contribution >= 4 is 17.0 Å². The van der Waals surface area contributed by atoms with Gasteiger partial charge in [-0.1, -0.05) is 30.3 Å². The van der Waals surface area contributed by atoms with Crippen molar-refractivity contribution in [3.63, 3.8) is 0 Å². The van der Waals surface area contributed by atoms with Crippen LogP contribution in [0.2, 0.25) is 0 Å². The molecule has 7 heteroatoms. The predicted molar refractivity (Wildman–Crippen MR) is 108 cm³/mol. The topological polar surface area (TPSA) is 90.4 Å². The van der Waals surface area contributed by atoms with E-state index >= 15 is 0 Å². The highest BCUT2D eigenvalue weighted by Crippen LogP contribution is 2.30. The quantitative estimate of drug-likeness (QED) is 0.513. The number of rotatable bonds is 6. The van der Waals surface area contributed by atoms with Gasteiger partial charge in [-0.2, -0.15) is 0 Å². The van der Waals surface area contributed by atoms with Crippen LogP contribution in [0.3, 0.4) is 0 Å². The lowest BCUT2D eigenvalue weighted by Crippen LogP contribution is -2.28. The molecule has 4 aromatic rings. The molecule has 3 heterocycles. The number of pyridine rings is 1. The van der Waals surface area contributed by atoms with Crippen molar-refractivity contribution < 1.29 is 18.5 Å². The maximum Gasteiger partial charge on any atom is 0.259 e. The number of furan rings is 1. The lowest BCUT2D eigenvalue weighted by Gasteiger charge is -2.20. The number of hydrogen-bond acceptors (Lipinski definition) is 6. The maximum atomic E-state index is 13.3. The average molecular weight is 391 g/mol. The summed E-state index contributed by atoms with van der Waals surface area (Å²) in [6.45, 7) is 3.80. The number of para-hydroxylation sites is 1. The smallest absolute Gasteiger partial charge is 0.259 e. The van der Waals surface area contributed by atoms with E-state index in [4.69, 9.17) is 13.7 Å². The van der Waals surface area contributed by atoms with Crippen LogP contribution in [0, 0.1) is 6.92 Å². The van der Waals surface area contributed by atoms with Crippen LogP contribution < -0.4 is 10.1 Å². The summed E-state index contributed by atoms with van der Waals surface area (Å²) < 4.78 is 16.2. The van der Waals surface area contributed by atoms with Gasteiger partial charge in [-0.3, -0.25) is 4.79 Å². The standard InChI is InChI=1S/C22H21N3O4/c1-4-16(14-8-5-6-9-18(14)27-3)23-21(26)15-12-17(19-10-7-11-28-19)24-22-20(15)13(2)25-29-22/h5-12,16H,4H2,1-3H3,(H,23,26). The molecule has 0 aliphatic carbocycles. The van der Waals surface area contributed by atoms with E-state index in [0.717, 1.165) is 11.3 Å². The van der Waals surface area contributed by atoms with E-state index in [-0.39, 0.29) is 11.9 Å². The number of methoxy groups -OCH3 is 1. The lowest BCUT2D eigenvalue weighted by atomic mass is 10.0. The molecule has 0 aliphatic heterocycles. The minimum Gasteiger partial charge on any atom is -0.496 e. The number of aryl methyl sites for hydroxylation is 1. The van der Waals surface area contributed by atoms with Crippen LogP contribution in [0.5, 0.6) is 5.75 Å². The van der Waals surface area contributed by atoms with Gasteiger partial charge in [-0.25, -0.2) is 4.98 Å². The van der Waals surface area contributed by atoms with Crippen molar-refractivity contribution in [1.29, 1.82) is 0 Å². The minimum atomic E-state index is -0.241. The fourth-order valence-corrected chi connectivity index (χ4v) is 3.41. The summed E-state index contributed by atoms with van der Waals surface area (Å²) in [5, 5.41) is 7.68. The normalized spacial score (nSPS) is 12.1. The van der Waals surface area contributed by atoms with Crippen molar-refractivity contribution in [3.05, 3.63) is 65.5 Å². The third-order valence-electron chi connectivity index (χ3n) is 4.86. The fourth-order valence-electron chi connectivity index (χ4n) is 3.41. The summed E-state index contributed by atoms with van der Waals surface area (Å²) in [7, 11) is 1.62. The van der Waals surface area contributed by atoms with Crippen LogP contribution >= 0.6 is 0 Å². The Morgan fingerprint density at radius 3 is 2.79 bits per heavy atom. The van der Waals surface area contributed by atoms with Gasteiger partial charge in [0.05, 0.1) is 36.1 Å². The number of nitrogens with zero attached hydrogens (tertiary/aromatic N) is 2. The van der Waals surface area contributed by atoms with Crippen LogP contribution in [-0.4, -0.2) is 23.2 Å². The first-order valence-electron chi connectivity index (χ1n) is 9.37. The average Bonchev–Trinajstić information content (AvgIpc) is 3.41. The zero-order valence-corrected chi connectivity index (χ0v) is 16.4. The van der Waals surface area contributed by atoms with Gasteiger partial charge in [-0.05, 0) is 37.6 Å². The summed E-state index contributed by atoms with van der Waals surface area (Å²) in [6, 6.07) is 12.7. The Morgan fingerprint density at radius 2 is 2.07 bits per heavy atom. The second-order valence-electron chi connectivity index (χ2n) is 6.66. The Bertz CT molecular complexity index is 1150. The molecular weight excluding hydrogens is 370 g/mol. The number of fused-ring (bicyclic) bond motifs is 1. The van der Waals surface area contributed by atoms with Crippen LogP contribution in [0.15, 0.2) is 57.7 Å². The van der Waals surface area contributed by atoms with E-state index in [1.54, 1.807) is 38.5 Å². The number of aromatic nitrogens is 2. The van der Waals surface area contributed by atoms with E-state index in [9.17, 15) is 4.79 Å². The maximum absolute atomic E-state index is 13.3. The van der Waals surface area contributed by atoms with Gasteiger partial charge in [0.25, 0.3) is 11.6 Å². The van der Waals surface area contributed by atoms with Crippen molar-refractivity contribution in [2.24, 2.45) is 0 Å². The largest absolute Gasteiger partial charge is 0.496 e. The Morgan fingerprint density at radius 1 is 1.24 bits per heavy atom. The van der Waals surface area contributed by atoms with E-state index < -0.39 is 0 Å². The lowest BCUT2D eigenvalue weighted by molar-refractivity contribution is 0.0936. The van der Waals surface area contributed by atoms with E-state index in [1.165, 1.54) is 0 Å². The SMILES string of the molecule is CCC(NC(=O)c1cc(-c2ccco2)nc2onc(C)c12)c1ccccc1OC. The summed E-state index contributed by atoms with van der Waals surface area (Å²) in [5.74, 6) is 1.04. The molecular formula is C22H21N3O4. The second-order valence-corrected chi connectivity index (χ2v) is 6.66. The van der Waals surface area contributed by atoms with Crippen molar-refractivity contribution in [1.82, 2.24) is 15.5 Å². The molecule has 148 valence electrons. The van der Waals surface area contributed by atoms with Crippen molar-refractivity contribution in [2.75, 3.05) is 7.11 Å². The molecule has 0 fully saturated rings. The van der Waals surface area contributed by atoms with Gasteiger partial charge in [0.2, 0.25) is 0 Å². The number of carbonyl (C=O) groups is 1. The third-order valence-corrected chi connectivity index (χ3v) is 4.86. The molecule has 7 nitrogen and oxygen atoms in total. The van der Waals surface area contributed by atoms with Crippen LogP contribution in [-0.2, 0) is 0 Å². The molecule has 0 bridgehead atoms. The Kier molecular flexibility index (Phi) is 5.03. The van der Waals surface area contributed by atoms with E-state index in [0.29, 0.717) is 40.2 Å². The first-order chi connectivity index (χ1) is 14.1. The Labute approximate surface area is 167 Å². The van der Waals surface area contributed by atoms with Gasteiger partial charge in [-0.15, -0.1) is 0 Å². The molecule has 1 amide bonds. The highest BCUT2D eigenvalue weighted by atomic mass is 16.5. The van der Waals surface area contributed by atoms with Gasteiger partial charge in [0, 0.05) is 5.56 Å². The third kappa shape index (κ3) is 3.47. The molecule has 0 saturated carbocycles. The van der Waals surface area contributed by atoms with Crippen molar-refractivity contribution in [2.45, 2.75) is 26.3 Å². The molecule has 4 rings (SSSR count). The van der Waals surface area contributed by atoms with Gasteiger partial charge < -0.3 is 19.0 Å². The molecule has 3 aromatic heterocycles. The molecule has 0 spiro atoms. The zero-order valence-electron chi connectivity index (χ0n) is 16.4. The number of carbonyl (C=O) groups excluding carboxylic acids is 1. The van der Waals surface area contributed by atoms with Gasteiger partial charge in [0.1, 0.15) is 11.4 Å². The van der Waals surface area contributed by atoms with Crippen LogP contribution in [0.25, 0.3) is 22.6 Å². The van der Waals surface area contributed by atoms with E-state index in [2.05, 4.69) is 15.5 Å². The van der Waals surface area contributed by atoms with Crippen LogP contribution in [0.1, 0.15) is 41.0 Å². The number of nitrogens with one attached hydrogen (secondary N) is 1. The fraction of sp³-hybridized carbons (Fsp3) is 0.227. The molecule has 1 atom stereocenters. The molecule has 0 saturated heterocycles. The van der Waals surface area contributed by atoms with Gasteiger partial charge in [0.15, 0.2) is 5.76 Å². The molecule has 1 unspecified atom stereocenters. The highest BCUT2D eigenvalue weighted by molar-refractivity contribution is 6.07. The molecule has 29 heavy (non-hydrogen) atoms. The highest BCUT2D eigenvalue weighted by Gasteiger charge is 2.23. The van der Waals surface area contributed by atoms with Crippen LogP contribution in [0.4, 0.5) is 0 Å². The summed E-state index contributed by atoms with van der Waals surface area (Å²) >= 11 is 0. The van der Waals surface area contributed by atoms with Gasteiger partial charge >= 0.3 is 0 Å². The zero-order chi connectivity index (χ0) is 20.4. The summed E-state index contributed by atoms with van der Waals surface area (Å²) in [5.41, 5.74) is 2.77. The molecule has 1 aromatic carbocycles.